The minimum absolute atomic E-state index is 0.522. The van der Waals surface area contributed by atoms with Gasteiger partial charge < -0.3 is 5.32 Å². The summed E-state index contributed by atoms with van der Waals surface area (Å²) in [5.41, 5.74) is 0. The highest BCUT2D eigenvalue weighted by atomic mass is 14.8. The van der Waals surface area contributed by atoms with Crippen molar-refractivity contribution in [1.29, 1.82) is 0 Å². The molecule has 0 radical (unpaired) electrons. The Morgan fingerprint density at radius 2 is 2.00 bits per heavy atom. The Kier molecular flexibility index (Phi) is 8.27. The SMILES string of the molecule is CCCNCCCC#CC(C)C. The predicted octanol–water partition coefficient (Wildman–Crippen LogP) is 2.43. The van der Waals surface area contributed by atoms with Gasteiger partial charge in [0.25, 0.3) is 0 Å². The van der Waals surface area contributed by atoms with Crippen molar-refractivity contribution < 1.29 is 0 Å². The number of hydrogen-bond acceptors (Lipinski definition) is 1. The largest absolute Gasteiger partial charge is 0.317 e. The van der Waals surface area contributed by atoms with Crippen LogP contribution >= 0.6 is 0 Å². The highest BCUT2D eigenvalue weighted by Gasteiger charge is 1.84. The van der Waals surface area contributed by atoms with E-state index in [4.69, 9.17) is 0 Å². The normalized spacial score (nSPS) is 9.67. The van der Waals surface area contributed by atoms with Crippen LogP contribution in [0.3, 0.4) is 0 Å². The van der Waals surface area contributed by atoms with Crippen molar-refractivity contribution in [1.82, 2.24) is 5.32 Å². The Morgan fingerprint density at radius 1 is 1.25 bits per heavy atom. The maximum atomic E-state index is 3.36. The molecule has 0 unspecified atom stereocenters. The predicted molar refractivity (Wildman–Crippen MR) is 55.0 cm³/mol. The summed E-state index contributed by atoms with van der Waals surface area (Å²) in [7, 11) is 0. The topological polar surface area (TPSA) is 12.0 Å². The molecular formula is C11H21N. The van der Waals surface area contributed by atoms with E-state index in [1.54, 1.807) is 0 Å². The summed E-state index contributed by atoms with van der Waals surface area (Å²) in [4.78, 5) is 0. The molecule has 0 saturated carbocycles. The molecule has 0 aliphatic rings. The van der Waals surface area contributed by atoms with E-state index in [1.807, 2.05) is 0 Å². The van der Waals surface area contributed by atoms with E-state index in [0.29, 0.717) is 5.92 Å². The molecule has 70 valence electrons. The fraction of sp³-hybridized carbons (Fsp3) is 0.818. The van der Waals surface area contributed by atoms with Gasteiger partial charge in [-0.2, -0.15) is 0 Å². The Morgan fingerprint density at radius 3 is 2.58 bits per heavy atom. The number of unbranched alkanes of at least 4 members (excludes halogenated alkanes) is 1. The van der Waals surface area contributed by atoms with Crippen LogP contribution in [0.15, 0.2) is 0 Å². The van der Waals surface area contributed by atoms with E-state index in [2.05, 4.69) is 37.9 Å². The molecule has 1 nitrogen and oxygen atoms in total. The van der Waals surface area contributed by atoms with Crippen LogP contribution in [-0.2, 0) is 0 Å². The maximum Gasteiger partial charge on any atom is 0.0146 e. The van der Waals surface area contributed by atoms with Gasteiger partial charge in [-0.3, -0.25) is 0 Å². The molecule has 0 bridgehead atoms. The van der Waals surface area contributed by atoms with Crippen LogP contribution in [0.25, 0.3) is 0 Å². The van der Waals surface area contributed by atoms with Crippen molar-refractivity contribution in [2.24, 2.45) is 5.92 Å². The molecule has 1 N–H and O–H groups in total. The van der Waals surface area contributed by atoms with E-state index < -0.39 is 0 Å². The zero-order chi connectivity index (χ0) is 9.23. The molecule has 0 spiro atoms. The smallest absolute Gasteiger partial charge is 0.0146 e. The lowest BCUT2D eigenvalue weighted by Crippen LogP contribution is -2.15. The Hall–Kier alpha value is -0.480. The summed E-state index contributed by atoms with van der Waals surface area (Å²) >= 11 is 0. The first-order valence-electron chi connectivity index (χ1n) is 4.96. The highest BCUT2D eigenvalue weighted by Crippen LogP contribution is 1.89. The van der Waals surface area contributed by atoms with Crippen LogP contribution in [-0.4, -0.2) is 13.1 Å². The zero-order valence-electron chi connectivity index (χ0n) is 8.61. The van der Waals surface area contributed by atoms with Crippen LogP contribution in [0.1, 0.15) is 40.0 Å². The third-order valence-corrected chi connectivity index (χ3v) is 1.47. The minimum atomic E-state index is 0.522. The van der Waals surface area contributed by atoms with Gasteiger partial charge in [-0.25, -0.2) is 0 Å². The summed E-state index contributed by atoms with van der Waals surface area (Å²) in [5, 5.41) is 3.36. The second-order valence-electron chi connectivity index (χ2n) is 3.33. The fourth-order valence-corrected chi connectivity index (χ4v) is 0.880. The molecule has 0 fully saturated rings. The highest BCUT2D eigenvalue weighted by molar-refractivity contribution is 5.00. The van der Waals surface area contributed by atoms with Crippen molar-refractivity contribution in [3.05, 3.63) is 0 Å². The quantitative estimate of drug-likeness (QED) is 0.490. The van der Waals surface area contributed by atoms with Gasteiger partial charge in [0.15, 0.2) is 0 Å². The number of nitrogens with one attached hydrogen (secondary N) is 1. The van der Waals surface area contributed by atoms with Gasteiger partial charge in [-0.05, 0) is 25.9 Å². The van der Waals surface area contributed by atoms with Crippen molar-refractivity contribution >= 4 is 0 Å². The number of rotatable bonds is 5. The summed E-state index contributed by atoms with van der Waals surface area (Å²) in [5.74, 6) is 6.85. The molecule has 0 rings (SSSR count). The first kappa shape index (κ1) is 11.5. The molecule has 0 heterocycles. The molecule has 0 aromatic heterocycles. The lowest BCUT2D eigenvalue weighted by molar-refractivity contribution is 0.647. The van der Waals surface area contributed by atoms with Crippen molar-refractivity contribution in [2.75, 3.05) is 13.1 Å². The molecule has 0 aliphatic carbocycles. The van der Waals surface area contributed by atoms with Gasteiger partial charge in [0.05, 0.1) is 0 Å². The van der Waals surface area contributed by atoms with Gasteiger partial charge in [0.1, 0.15) is 0 Å². The first-order chi connectivity index (χ1) is 5.77. The molecule has 0 aliphatic heterocycles. The monoisotopic (exact) mass is 167 g/mol. The van der Waals surface area contributed by atoms with Crippen molar-refractivity contribution in [3.8, 4) is 11.8 Å². The van der Waals surface area contributed by atoms with Gasteiger partial charge in [-0.15, -0.1) is 11.8 Å². The summed E-state index contributed by atoms with van der Waals surface area (Å²) < 4.78 is 0. The van der Waals surface area contributed by atoms with E-state index >= 15 is 0 Å². The molecule has 0 atom stereocenters. The molecule has 0 saturated heterocycles. The molecular weight excluding hydrogens is 146 g/mol. The van der Waals surface area contributed by atoms with E-state index in [1.165, 1.54) is 12.8 Å². The average molecular weight is 167 g/mol. The van der Waals surface area contributed by atoms with E-state index in [9.17, 15) is 0 Å². The Balaban J connectivity index is 3.07. The van der Waals surface area contributed by atoms with Crippen molar-refractivity contribution in [2.45, 2.75) is 40.0 Å². The van der Waals surface area contributed by atoms with Gasteiger partial charge >= 0.3 is 0 Å². The summed E-state index contributed by atoms with van der Waals surface area (Å²) in [6.07, 6.45) is 3.44. The molecule has 12 heavy (non-hydrogen) atoms. The van der Waals surface area contributed by atoms with Gasteiger partial charge in [0.2, 0.25) is 0 Å². The zero-order valence-corrected chi connectivity index (χ0v) is 8.61. The summed E-state index contributed by atoms with van der Waals surface area (Å²) in [6, 6.07) is 0. The lowest BCUT2D eigenvalue weighted by Gasteiger charge is -1.98. The van der Waals surface area contributed by atoms with Crippen LogP contribution in [0, 0.1) is 17.8 Å². The second-order valence-corrected chi connectivity index (χ2v) is 3.33. The van der Waals surface area contributed by atoms with Crippen LogP contribution in [0.5, 0.6) is 0 Å². The third kappa shape index (κ3) is 9.52. The third-order valence-electron chi connectivity index (χ3n) is 1.47. The van der Waals surface area contributed by atoms with E-state index in [-0.39, 0.29) is 0 Å². The van der Waals surface area contributed by atoms with Crippen LogP contribution in [0.2, 0.25) is 0 Å². The number of hydrogen-bond donors (Lipinski definition) is 1. The molecule has 1 heteroatoms. The Bertz CT molecular complexity index is 139. The van der Waals surface area contributed by atoms with Crippen LogP contribution < -0.4 is 5.32 Å². The Labute approximate surface area is 76.9 Å². The molecule has 0 aromatic carbocycles. The lowest BCUT2D eigenvalue weighted by atomic mass is 10.2. The standard InChI is InChI=1S/C11H21N/c1-4-9-12-10-7-5-6-8-11(2)3/h11-12H,4-5,7,9-10H2,1-3H3. The van der Waals surface area contributed by atoms with Gasteiger partial charge in [0, 0.05) is 12.3 Å². The fourth-order valence-electron chi connectivity index (χ4n) is 0.880. The van der Waals surface area contributed by atoms with Crippen LogP contribution in [0.4, 0.5) is 0 Å². The van der Waals surface area contributed by atoms with Gasteiger partial charge in [-0.1, -0.05) is 20.8 Å². The molecule has 0 aromatic rings. The summed E-state index contributed by atoms with van der Waals surface area (Å²) in [6.45, 7) is 8.69. The maximum absolute atomic E-state index is 3.36. The van der Waals surface area contributed by atoms with E-state index in [0.717, 1.165) is 19.5 Å². The second kappa shape index (κ2) is 8.62. The average Bonchev–Trinajstić information content (AvgIpc) is 2.02. The molecule has 0 amide bonds. The minimum Gasteiger partial charge on any atom is -0.317 e. The van der Waals surface area contributed by atoms with Crippen molar-refractivity contribution in [3.63, 3.8) is 0 Å². The first-order valence-corrected chi connectivity index (χ1v) is 4.96.